The number of likely N-dealkylation sites (N-methyl/N-ethyl adjacent to an activating group) is 1. The standard InChI is InChI=1S/C12H22N4O2S/c1-3-16(4-2)8-7-15-19(17,18)12-9-10(13)5-6-11(12)14/h5-6,9,15H,3-4,7-8,13-14H2,1-2H3. The molecular weight excluding hydrogens is 264 g/mol. The van der Waals surface area contributed by atoms with Gasteiger partial charge in [-0.1, -0.05) is 13.8 Å². The molecule has 1 aromatic carbocycles. The second kappa shape index (κ2) is 6.74. The van der Waals surface area contributed by atoms with Crippen molar-refractivity contribution >= 4 is 21.4 Å². The lowest BCUT2D eigenvalue weighted by atomic mass is 10.3. The molecule has 7 heteroatoms. The van der Waals surface area contributed by atoms with Crippen LogP contribution in [0.1, 0.15) is 13.8 Å². The highest BCUT2D eigenvalue weighted by Crippen LogP contribution is 2.20. The maximum absolute atomic E-state index is 12.1. The molecule has 0 unspecified atom stereocenters. The number of sulfonamides is 1. The quantitative estimate of drug-likeness (QED) is 0.633. The Kier molecular flexibility index (Phi) is 5.59. The van der Waals surface area contributed by atoms with Crippen LogP contribution in [0.2, 0.25) is 0 Å². The van der Waals surface area contributed by atoms with Crippen LogP contribution in [-0.4, -0.2) is 39.5 Å². The van der Waals surface area contributed by atoms with Crippen LogP contribution in [0.15, 0.2) is 23.1 Å². The number of nitrogens with one attached hydrogen (secondary N) is 1. The molecular formula is C12H22N4O2S. The zero-order chi connectivity index (χ0) is 14.5. The van der Waals surface area contributed by atoms with Crippen molar-refractivity contribution in [2.45, 2.75) is 18.7 Å². The molecule has 0 bridgehead atoms. The third-order valence-electron chi connectivity index (χ3n) is 2.94. The third-order valence-corrected chi connectivity index (χ3v) is 4.46. The molecule has 1 aromatic rings. The van der Waals surface area contributed by atoms with Crippen molar-refractivity contribution in [3.63, 3.8) is 0 Å². The third kappa shape index (κ3) is 4.38. The van der Waals surface area contributed by atoms with Crippen molar-refractivity contribution in [1.82, 2.24) is 9.62 Å². The van der Waals surface area contributed by atoms with Crippen LogP contribution in [-0.2, 0) is 10.0 Å². The Morgan fingerprint density at radius 2 is 1.84 bits per heavy atom. The van der Waals surface area contributed by atoms with Crippen LogP contribution in [0.4, 0.5) is 11.4 Å². The van der Waals surface area contributed by atoms with Crippen LogP contribution in [0.5, 0.6) is 0 Å². The fourth-order valence-corrected chi connectivity index (χ4v) is 2.92. The van der Waals surface area contributed by atoms with Gasteiger partial charge in [-0.2, -0.15) is 0 Å². The van der Waals surface area contributed by atoms with E-state index in [1.807, 2.05) is 13.8 Å². The maximum Gasteiger partial charge on any atom is 0.242 e. The summed E-state index contributed by atoms with van der Waals surface area (Å²) >= 11 is 0. The fourth-order valence-electron chi connectivity index (χ4n) is 1.74. The van der Waals surface area contributed by atoms with Crippen molar-refractivity contribution in [2.75, 3.05) is 37.6 Å². The minimum absolute atomic E-state index is 0.0343. The first kappa shape index (κ1) is 15.7. The molecule has 0 aliphatic rings. The zero-order valence-electron chi connectivity index (χ0n) is 11.4. The van der Waals surface area contributed by atoms with Gasteiger partial charge in [0, 0.05) is 18.8 Å². The van der Waals surface area contributed by atoms with Crippen molar-refractivity contribution in [2.24, 2.45) is 0 Å². The number of nitrogens with two attached hydrogens (primary N) is 2. The summed E-state index contributed by atoms with van der Waals surface area (Å²) in [5.74, 6) is 0. The van der Waals surface area contributed by atoms with Gasteiger partial charge in [-0.15, -0.1) is 0 Å². The molecule has 0 aromatic heterocycles. The average Bonchev–Trinajstić information content (AvgIpc) is 2.37. The molecule has 0 saturated heterocycles. The summed E-state index contributed by atoms with van der Waals surface area (Å²) in [6.07, 6.45) is 0. The van der Waals surface area contributed by atoms with E-state index in [0.29, 0.717) is 18.8 Å². The molecule has 0 spiro atoms. The molecule has 19 heavy (non-hydrogen) atoms. The van der Waals surface area contributed by atoms with Gasteiger partial charge in [-0.3, -0.25) is 0 Å². The Bertz CT molecular complexity index is 512. The molecule has 0 atom stereocenters. The molecule has 6 nitrogen and oxygen atoms in total. The average molecular weight is 286 g/mol. The smallest absolute Gasteiger partial charge is 0.242 e. The molecule has 5 N–H and O–H groups in total. The number of benzene rings is 1. The highest BCUT2D eigenvalue weighted by atomic mass is 32.2. The SMILES string of the molecule is CCN(CC)CCNS(=O)(=O)c1cc(N)ccc1N. The van der Waals surface area contributed by atoms with Gasteiger partial charge in [0.2, 0.25) is 10.0 Å². The fraction of sp³-hybridized carbons (Fsp3) is 0.500. The van der Waals surface area contributed by atoms with Gasteiger partial charge < -0.3 is 16.4 Å². The number of rotatable bonds is 7. The predicted octanol–water partition coefficient (Wildman–Crippen LogP) is 0.471. The largest absolute Gasteiger partial charge is 0.399 e. The number of anilines is 2. The Balaban J connectivity index is 2.73. The van der Waals surface area contributed by atoms with E-state index in [1.165, 1.54) is 12.1 Å². The first-order valence-electron chi connectivity index (χ1n) is 6.27. The molecule has 0 fully saturated rings. The Morgan fingerprint density at radius 1 is 1.21 bits per heavy atom. The molecule has 108 valence electrons. The number of hydrogen-bond donors (Lipinski definition) is 3. The summed E-state index contributed by atoms with van der Waals surface area (Å²) in [4.78, 5) is 2.16. The van der Waals surface area contributed by atoms with Gasteiger partial charge in [0.15, 0.2) is 0 Å². The van der Waals surface area contributed by atoms with Crippen LogP contribution >= 0.6 is 0 Å². The maximum atomic E-state index is 12.1. The summed E-state index contributed by atoms with van der Waals surface area (Å²) in [6.45, 7) is 6.85. The Morgan fingerprint density at radius 3 is 2.42 bits per heavy atom. The molecule has 0 aliphatic carbocycles. The summed E-state index contributed by atoms with van der Waals surface area (Å²) in [7, 11) is -3.61. The van der Waals surface area contributed by atoms with E-state index < -0.39 is 10.0 Å². The van der Waals surface area contributed by atoms with Gasteiger partial charge in [-0.05, 0) is 31.3 Å². The normalized spacial score (nSPS) is 11.9. The minimum Gasteiger partial charge on any atom is -0.399 e. The lowest BCUT2D eigenvalue weighted by molar-refractivity contribution is 0.309. The van der Waals surface area contributed by atoms with Crippen LogP contribution < -0.4 is 16.2 Å². The van der Waals surface area contributed by atoms with E-state index in [2.05, 4.69) is 9.62 Å². The first-order valence-corrected chi connectivity index (χ1v) is 7.76. The Hall–Kier alpha value is -1.31. The first-order chi connectivity index (χ1) is 8.90. The van der Waals surface area contributed by atoms with E-state index in [9.17, 15) is 8.42 Å². The lowest BCUT2D eigenvalue weighted by Gasteiger charge is -2.18. The number of nitrogen functional groups attached to an aromatic ring is 2. The summed E-state index contributed by atoms with van der Waals surface area (Å²) in [6, 6.07) is 4.44. The summed E-state index contributed by atoms with van der Waals surface area (Å²) < 4.78 is 26.7. The Labute approximate surface area is 114 Å². The van der Waals surface area contributed by atoms with Gasteiger partial charge >= 0.3 is 0 Å². The van der Waals surface area contributed by atoms with E-state index in [4.69, 9.17) is 11.5 Å². The molecule has 0 aliphatic heterocycles. The second-order valence-electron chi connectivity index (χ2n) is 4.22. The van der Waals surface area contributed by atoms with E-state index in [0.717, 1.165) is 13.1 Å². The van der Waals surface area contributed by atoms with Crippen molar-refractivity contribution < 1.29 is 8.42 Å². The molecule has 0 saturated carbocycles. The van der Waals surface area contributed by atoms with Crippen LogP contribution in [0, 0.1) is 0 Å². The topological polar surface area (TPSA) is 101 Å². The minimum atomic E-state index is -3.61. The van der Waals surface area contributed by atoms with Crippen molar-refractivity contribution in [3.8, 4) is 0 Å². The highest BCUT2D eigenvalue weighted by molar-refractivity contribution is 7.89. The molecule has 0 heterocycles. The van der Waals surface area contributed by atoms with Gasteiger partial charge in [0.25, 0.3) is 0 Å². The van der Waals surface area contributed by atoms with Crippen LogP contribution in [0.25, 0.3) is 0 Å². The van der Waals surface area contributed by atoms with Crippen LogP contribution in [0.3, 0.4) is 0 Å². The second-order valence-corrected chi connectivity index (χ2v) is 5.96. The van der Waals surface area contributed by atoms with Gasteiger partial charge in [-0.25, -0.2) is 13.1 Å². The van der Waals surface area contributed by atoms with Gasteiger partial charge in [0.1, 0.15) is 4.90 Å². The van der Waals surface area contributed by atoms with E-state index in [-0.39, 0.29) is 10.6 Å². The number of nitrogens with zero attached hydrogens (tertiary/aromatic N) is 1. The highest BCUT2D eigenvalue weighted by Gasteiger charge is 2.17. The lowest BCUT2D eigenvalue weighted by Crippen LogP contribution is -2.35. The number of hydrogen-bond acceptors (Lipinski definition) is 5. The molecule has 0 radical (unpaired) electrons. The van der Waals surface area contributed by atoms with E-state index >= 15 is 0 Å². The molecule has 0 amide bonds. The van der Waals surface area contributed by atoms with Crippen molar-refractivity contribution in [3.05, 3.63) is 18.2 Å². The molecule has 1 rings (SSSR count). The van der Waals surface area contributed by atoms with E-state index in [1.54, 1.807) is 6.07 Å². The van der Waals surface area contributed by atoms with Gasteiger partial charge in [0.05, 0.1) is 5.69 Å². The summed E-state index contributed by atoms with van der Waals surface area (Å²) in [5.41, 5.74) is 11.8. The zero-order valence-corrected chi connectivity index (χ0v) is 12.2. The predicted molar refractivity (Wildman–Crippen MR) is 78.2 cm³/mol. The summed E-state index contributed by atoms with van der Waals surface area (Å²) in [5, 5.41) is 0. The monoisotopic (exact) mass is 286 g/mol. The van der Waals surface area contributed by atoms with Crippen molar-refractivity contribution in [1.29, 1.82) is 0 Å².